The highest BCUT2D eigenvalue weighted by Crippen LogP contribution is 2.56. The fourth-order valence-electron chi connectivity index (χ4n) is 6.77. The standard InChI is InChI=1S/C32H36Br8N4/c1-9-29(5)21-13(33)15(35)23(41-21)30(6,10-2)25-17(37)19(39)27(43-25)32(8,12-4)28-20(40)18(38)26(44-28)31(7,11-3)24-16(36)14(34)22(29)42-24/h41-44H,9-12H2,1-8H3. The number of aromatic nitrogens is 4. The van der Waals surface area contributed by atoms with E-state index in [0.29, 0.717) is 0 Å². The Bertz CT molecular complexity index is 1420. The molecule has 0 unspecified atom stereocenters. The normalized spacial score (nSPS) is 26.9. The van der Waals surface area contributed by atoms with Gasteiger partial charge in [0.2, 0.25) is 0 Å². The van der Waals surface area contributed by atoms with E-state index in [4.69, 9.17) is 0 Å². The van der Waals surface area contributed by atoms with E-state index in [2.05, 4.69) is 203 Å². The summed E-state index contributed by atoms with van der Waals surface area (Å²) in [6.07, 6.45) is 3.47. The molecule has 5 rings (SSSR count). The van der Waals surface area contributed by atoms with Gasteiger partial charge in [-0.05, 0) is 181 Å². The van der Waals surface area contributed by atoms with Crippen LogP contribution in [0.15, 0.2) is 35.8 Å². The summed E-state index contributed by atoms with van der Waals surface area (Å²) in [5, 5.41) is 0. The second-order valence-electron chi connectivity index (χ2n) is 12.8. The fraction of sp³-hybridized carbons (Fsp3) is 0.500. The molecule has 4 aromatic rings. The van der Waals surface area contributed by atoms with E-state index in [1.807, 2.05) is 0 Å². The molecule has 0 atom stereocenters. The van der Waals surface area contributed by atoms with Crippen molar-refractivity contribution in [2.24, 2.45) is 0 Å². The SMILES string of the molecule is CCC1(C)c2[nH]c(c(Br)c2Br)C(C)(CC)c2[nH]c(c(Br)c2Br)C(C)(CC)c2[nH]c(c(Br)c2Br)C(C)(CC)c2[nH]c1c(Br)c2Br. The van der Waals surface area contributed by atoms with Gasteiger partial charge in [0, 0.05) is 67.2 Å². The van der Waals surface area contributed by atoms with E-state index in [1.54, 1.807) is 0 Å². The third kappa shape index (κ3) is 4.84. The predicted octanol–water partition coefficient (Wildman–Crippen LogP) is 14.3. The Balaban J connectivity index is 2.02. The van der Waals surface area contributed by atoms with Gasteiger partial charge in [-0.3, -0.25) is 0 Å². The van der Waals surface area contributed by atoms with Crippen molar-refractivity contribution >= 4 is 127 Å². The number of hydrogen-bond donors (Lipinski definition) is 4. The van der Waals surface area contributed by atoms with Gasteiger partial charge < -0.3 is 19.9 Å². The molecule has 0 amide bonds. The van der Waals surface area contributed by atoms with Gasteiger partial charge in [-0.2, -0.15) is 0 Å². The maximum absolute atomic E-state index is 4.03. The zero-order valence-corrected chi connectivity index (χ0v) is 38.5. The summed E-state index contributed by atoms with van der Waals surface area (Å²) in [5.41, 5.74) is 7.49. The van der Waals surface area contributed by atoms with Crippen LogP contribution in [0.25, 0.3) is 0 Å². The molecular formula is C32H36Br8N4. The molecule has 0 aromatic carbocycles. The Kier molecular flexibility index (Phi) is 10.2. The van der Waals surface area contributed by atoms with Crippen molar-refractivity contribution in [2.45, 2.75) is 103 Å². The second-order valence-corrected chi connectivity index (χ2v) is 19.1. The molecule has 0 radical (unpaired) electrons. The molecule has 0 saturated carbocycles. The van der Waals surface area contributed by atoms with E-state index in [-0.39, 0.29) is 21.7 Å². The van der Waals surface area contributed by atoms with Crippen LogP contribution in [-0.2, 0) is 21.7 Å². The van der Waals surface area contributed by atoms with Crippen LogP contribution in [0.1, 0.15) is 127 Å². The lowest BCUT2D eigenvalue weighted by atomic mass is 9.80. The van der Waals surface area contributed by atoms with Crippen molar-refractivity contribution in [3.8, 4) is 0 Å². The minimum atomic E-state index is -0.377. The van der Waals surface area contributed by atoms with Crippen LogP contribution in [0.2, 0.25) is 0 Å². The van der Waals surface area contributed by atoms with Crippen LogP contribution < -0.4 is 0 Å². The largest absolute Gasteiger partial charge is 0.359 e. The van der Waals surface area contributed by atoms with E-state index in [1.165, 1.54) is 0 Å². The van der Waals surface area contributed by atoms with E-state index < -0.39 is 0 Å². The van der Waals surface area contributed by atoms with Gasteiger partial charge >= 0.3 is 0 Å². The van der Waals surface area contributed by atoms with Gasteiger partial charge in [-0.15, -0.1) is 0 Å². The van der Waals surface area contributed by atoms with E-state index in [0.717, 1.165) is 107 Å². The summed E-state index contributed by atoms with van der Waals surface area (Å²) in [5.74, 6) is 0. The molecule has 1 aliphatic rings. The average Bonchev–Trinajstić information content (AvgIpc) is 3.70. The third-order valence-electron chi connectivity index (χ3n) is 10.8. The van der Waals surface area contributed by atoms with Crippen LogP contribution in [-0.4, -0.2) is 19.9 Å². The molecule has 1 aliphatic heterocycles. The summed E-state index contributed by atoms with van der Waals surface area (Å²) in [6, 6.07) is 0. The third-order valence-corrected chi connectivity index (χ3v) is 19.2. The molecule has 5 heterocycles. The second kappa shape index (κ2) is 12.4. The van der Waals surface area contributed by atoms with Crippen molar-refractivity contribution in [1.29, 1.82) is 0 Å². The maximum atomic E-state index is 4.03. The molecule has 8 bridgehead atoms. The molecular weight excluding hydrogens is 1080 g/mol. The minimum Gasteiger partial charge on any atom is -0.359 e. The van der Waals surface area contributed by atoms with Crippen LogP contribution >= 0.6 is 127 Å². The lowest BCUT2D eigenvalue weighted by Gasteiger charge is -2.32. The van der Waals surface area contributed by atoms with Crippen molar-refractivity contribution in [3.05, 3.63) is 81.3 Å². The zero-order chi connectivity index (χ0) is 32.9. The maximum Gasteiger partial charge on any atom is 0.0537 e. The summed E-state index contributed by atoms with van der Waals surface area (Å²) in [6.45, 7) is 18.3. The van der Waals surface area contributed by atoms with Crippen LogP contribution in [0, 0.1) is 0 Å². The van der Waals surface area contributed by atoms with Crippen molar-refractivity contribution in [1.82, 2.24) is 19.9 Å². The lowest BCUT2D eigenvalue weighted by Crippen LogP contribution is -2.30. The van der Waals surface area contributed by atoms with Gasteiger partial charge in [-0.25, -0.2) is 0 Å². The summed E-state index contributed by atoms with van der Waals surface area (Å²) >= 11 is 32.3. The number of rotatable bonds is 4. The smallest absolute Gasteiger partial charge is 0.0537 e. The summed E-state index contributed by atoms with van der Waals surface area (Å²) in [7, 11) is 0. The fourth-order valence-corrected chi connectivity index (χ4v) is 12.7. The molecule has 0 spiro atoms. The Morgan fingerprint density at radius 1 is 0.318 bits per heavy atom. The molecule has 4 N–H and O–H groups in total. The molecule has 0 saturated heterocycles. The number of H-pyrrole nitrogens is 4. The number of aromatic amines is 4. The van der Waals surface area contributed by atoms with Crippen molar-refractivity contribution < 1.29 is 0 Å². The van der Waals surface area contributed by atoms with Crippen LogP contribution in [0.5, 0.6) is 0 Å². The van der Waals surface area contributed by atoms with Gasteiger partial charge in [0.1, 0.15) is 0 Å². The number of fused-ring (bicyclic) bond motifs is 8. The Morgan fingerprint density at radius 2 is 0.432 bits per heavy atom. The number of halogens is 8. The Morgan fingerprint density at radius 3 is 0.523 bits per heavy atom. The summed E-state index contributed by atoms with van der Waals surface area (Å²) in [4.78, 5) is 15.9. The number of nitrogens with one attached hydrogen (secondary N) is 4. The zero-order valence-electron chi connectivity index (χ0n) is 25.9. The highest BCUT2D eigenvalue weighted by molar-refractivity contribution is 9.14. The molecule has 0 aliphatic carbocycles. The predicted molar refractivity (Wildman–Crippen MR) is 212 cm³/mol. The van der Waals surface area contributed by atoms with Crippen molar-refractivity contribution in [3.63, 3.8) is 0 Å². The topological polar surface area (TPSA) is 63.2 Å². The average molecular weight is 1120 g/mol. The first-order valence-corrected chi connectivity index (χ1v) is 21.1. The van der Waals surface area contributed by atoms with Crippen molar-refractivity contribution in [2.75, 3.05) is 0 Å². The Labute approximate surface area is 327 Å². The van der Waals surface area contributed by atoms with Gasteiger partial charge in [0.05, 0.1) is 35.8 Å². The lowest BCUT2D eigenvalue weighted by molar-refractivity contribution is 0.472. The molecule has 4 nitrogen and oxygen atoms in total. The first-order chi connectivity index (χ1) is 20.4. The Hall–Kier alpha value is 0.960. The van der Waals surface area contributed by atoms with Crippen LogP contribution in [0.3, 0.4) is 0 Å². The van der Waals surface area contributed by atoms with Gasteiger partial charge in [-0.1, -0.05) is 27.7 Å². The van der Waals surface area contributed by atoms with E-state index in [9.17, 15) is 0 Å². The number of hydrogen-bond acceptors (Lipinski definition) is 0. The molecule has 0 fully saturated rings. The summed E-state index contributed by atoms with van der Waals surface area (Å²) < 4.78 is 8.33. The molecule has 44 heavy (non-hydrogen) atoms. The molecule has 240 valence electrons. The first kappa shape index (κ1) is 36.2. The molecule has 4 aromatic heterocycles. The monoisotopic (exact) mass is 1110 g/mol. The van der Waals surface area contributed by atoms with Gasteiger partial charge in [0.25, 0.3) is 0 Å². The van der Waals surface area contributed by atoms with E-state index >= 15 is 0 Å². The highest BCUT2D eigenvalue weighted by Gasteiger charge is 2.46. The van der Waals surface area contributed by atoms with Crippen LogP contribution in [0.4, 0.5) is 0 Å². The van der Waals surface area contributed by atoms with Gasteiger partial charge in [0.15, 0.2) is 0 Å². The highest BCUT2D eigenvalue weighted by atomic mass is 79.9. The minimum absolute atomic E-state index is 0.377. The molecule has 12 heteroatoms. The first-order valence-electron chi connectivity index (χ1n) is 14.8. The quantitative estimate of drug-likeness (QED) is 0.157.